The lowest BCUT2D eigenvalue weighted by Crippen LogP contribution is -2.54. The Bertz CT molecular complexity index is 795. The Morgan fingerprint density at radius 1 is 1.48 bits per heavy atom. The fourth-order valence-corrected chi connectivity index (χ4v) is 2.79. The summed E-state index contributed by atoms with van der Waals surface area (Å²) in [4.78, 5) is 12.2. The number of nitrogen functional groups attached to an aromatic ring is 1. The standard InChI is InChI=1S/C14H18N6O3/c1-3-4-14(16)10(22)9(7(2)21)23-12(14)20-6-18-8-5-17-13(15)19-11(8)20/h5-7,9-10,12,21-22H,16H2,1-2H3,(H2,15,17,19)/t7-,9+,10?,12+,14+/m0/s1. The molecule has 5 atom stereocenters. The van der Waals surface area contributed by atoms with Crippen LogP contribution in [0.3, 0.4) is 0 Å². The average Bonchev–Trinajstić information content (AvgIpc) is 3.00. The highest BCUT2D eigenvalue weighted by atomic mass is 16.5. The van der Waals surface area contributed by atoms with E-state index in [1.807, 2.05) is 0 Å². The third-order valence-corrected chi connectivity index (χ3v) is 3.90. The maximum Gasteiger partial charge on any atom is 0.222 e. The van der Waals surface area contributed by atoms with Crippen LogP contribution < -0.4 is 11.5 Å². The minimum absolute atomic E-state index is 0.0778. The Morgan fingerprint density at radius 2 is 2.22 bits per heavy atom. The highest BCUT2D eigenvalue weighted by molar-refractivity contribution is 5.70. The van der Waals surface area contributed by atoms with Crippen molar-refractivity contribution in [3.05, 3.63) is 12.5 Å². The molecule has 122 valence electrons. The highest BCUT2D eigenvalue weighted by Gasteiger charge is 2.55. The molecule has 3 rings (SSSR count). The first-order chi connectivity index (χ1) is 10.9. The van der Waals surface area contributed by atoms with Gasteiger partial charge in [-0.3, -0.25) is 4.57 Å². The molecule has 1 fully saturated rings. The lowest BCUT2D eigenvalue weighted by molar-refractivity contribution is -0.0756. The first-order valence-electron chi connectivity index (χ1n) is 7.08. The molecule has 2 aromatic heterocycles. The van der Waals surface area contributed by atoms with Crippen LogP contribution in [-0.2, 0) is 4.74 Å². The van der Waals surface area contributed by atoms with Gasteiger partial charge in [0.05, 0.1) is 18.6 Å². The van der Waals surface area contributed by atoms with Crippen LogP contribution in [0.25, 0.3) is 11.2 Å². The van der Waals surface area contributed by atoms with Crippen LogP contribution >= 0.6 is 0 Å². The molecule has 23 heavy (non-hydrogen) atoms. The van der Waals surface area contributed by atoms with E-state index >= 15 is 0 Å². The van der Waals surface area contributed by atoms with Crippen molar-refractivity contribution in [2.24, 2.45) is 5.73 Å². The Balaban J connectivity index is 2.14. The van der Waals surface area contributed by atoms with Gasteiger partial charge in [-0.2, -0.15) is 4.98 Å². The van der Waals surface area contributed by atoms with Crippen LogP contribution in [0.1, 0.15) is 20.1 Å². The maximum atomic E-state index is 10.5. The molecule has 0 bridgehead atoms. The van der Waals surface area contributed by atoms with Crippen LogP contribution in [-0.4, -0.2) is 53.6 Å². The Morgan fingerprint density at radius 3 is 2.87 bits per heavy atom. The summed E-state index contributed by atoms with van der Waals surface area (Å²) in [6, 6.07) is 0. The van der Waals surface area contributed by atoms with Crippen LogP contribution in [0.4, 0.5) is 5.95 Å². The zero-order valence-electron chi connectivity index (χ0n) is 12.7. The van der Waals surface area contributed by atoms with E-state index in [0.717, 1.165) is 0 Å². The SMILES string of the molecule is CC#C[C@@]1(N)C(O)[C@@H]([C@H](C)O)O[C@H]1n1cnc2cnc(N)nc21. The fraction of sp³-hybridized carbons (Fsp3) is 0.500. The van der Waals surface area contributed by atoms with E-state index in [0.29, 0.717) is 11.2 Å². The molecule has 0 aromatic carbocycles. The summed E-state index contributed by atoms with van der Waals surface area (Å²) >= 11 is 0. The van der Waals surface area contributed by atoms with Crippen LogP contribution in [0.15, 0.2) is 12.5 Å². The second-order valence-electron chi connectivity index (χ2n) is 5.54. The number of imidazole rings is 1. The van der Waals surface area contributed by atoms with Gasteiger partial charge in [-0.1, -0.05) is 5.92 Å². The largest absolute Gasteiger partial charge is 0.391 e. The van der Waals surface area contributed by atoms with Gasteiger partial charge in [0.1, 0.15) is 17.7 Å². The number of aliphatic hydroxyl groups excluding tert-OH is 2. The number of aromatic nitrogens is 4. The van der Waals surface area contributed by atoms with Crippen molar-refractivity contribution in [1.29, 1.82) is 0 Å². The number of anilines is 1. The molecule has 0 radical (unpaired) electrons. The van der Waals surface area contributed by atoms with Gasteiger partial charge in [-0.15, -0.1) is 5.92 Å². The zero-order chi connectivity index (χ0) is 16.8. The summed E-state index contributed by atoms with van der Waals surface area (Å²) in [6.07, 6.45) is -0.927. The molecule has 3 heterocycles. The van der Waals surface area contributed by atoms with E-state index in [1.165, 1.54) is 19.4 Å². The molecule has 0 saturated carbocycles. The van der Waals surface area contributed by atoms with Gasteiger partial charge in [0, 0.05) is 0 Å². The number of nitrogens with two attached hydrogens (primary N) is 2. The molecule has 1 unspecified atom stereocenters. The predicted molar refractivity (Wildman–Crippen MR) is 81.7 cm³/mol. The topological polar surface area (TPSA) is 145 Å². The molecule has 0 spiro atoms. The Kier molecular flexibility index (Phi) is 3.69. The van der Waals surface area contributed by atoms with Crippen molar-refractivity contribution in [3.8, 4) is 11.8 Å². The Hall–Kier alpha value is -2.25. The summed E-state index contributed by atoms with van der Waals surface area (Å²) < 4.78 is 7.33. The molecule has 1 aliphatic rings. The van der Waals surface area contributed by atoms with Crippen LogP contribution in [0, 0.1) is 11.8 Å². The summed E-state index contributed by atoms with van der Waals surface area (Å²) in [5.74, 6) is 5.57. The van der Waals surface area contributed by atoms with Gasteiger partial charge in [0.2, 0.25) is 5.95 Å². The molecular formula is C14H18N6O3. The van der Waals surface area contributed by atoms with Crippen LogP contribution in [0.2, 0.25) is 0 Å². The van der Waals surface area contributed by atoms with E-state index in [1.54, 1.807) is 11.5 Å². The van der Waals surface area contributed by atoms with E-state index < -0.39 is 30.1 Å². The summed E-state index contributed by atoms with van der Waals surface area (Å²) in [6.45, 7) is 3.13. The molecule has 1 saturated heterocycles. The number of aliphatic hydroxyl groups is 2. The molecular weight excluding hydrogens is 300 g/mol. The van der Waals surface area contributed by atoms with Gasteiger partial charge in [0.25, 0.3) is 0 Å². The smallest absolute Gasteiger partial charge is 0.222 e. The quantitative estimate of drug-likeness (QED) is 0.503. The van der Waals surface area contributed by atoms with Gasteiger partial charge in [-0.05, 0) is 13.8 Å². The van der Waals surface area contributed by atoms with Gasteiger partial charge < -0.3 is 26.4 Å². The summed E-state index contributed by atoms with van der Waals surface area (Å²) in [5.41, 5.74) is 11.4. The number of rotatable bonds is 2. The van der Waals surface area contributed by atoms with Crippen molar-refractivity contribution < 1.29 is 14.9 Å². The zero-order valence-corrected chi connectivity index (χ0v) is 12.7. The number of ether oxygens (including phenoxy) is 1. The molecule has 9 nitrogen and oxygen atoms in total. The minimum atomic E-state index is -1.43. The third-order valence-electron chi connectivity index (χ3n) is 3.90. The van der Waals surface area contributed by atoms with Crippen molar-refractivity contribution in [3.63, 3.8) is 0 Å². The van der Waals surface area contributed by atoms with Crippen molar-refractivity contribution >= 4 is 17.1 Å². The number of nitrogens with zero attached hydrogens (tertiary/aromatic N) is 4. The lowest BCUT2D eigenvalue weighted by Gasteiger charge is -2.27. The molecule has 0 aliphatic carbocycles. The highest BCUT2D eigenvalue weighted by Crippen LogP contribution is 2.38. The average molecular weight is 318 g/mol. The van der Waals surface area contributed by atoms with Crippen LogP contribution in [0.5, 0.6) is 0 Å². The van der Waals surface area contributed by atoms with E-state index in [9.17, 15) is 10.2 Å². The first kappa shape index (κ1) is 15.6. The third kappa shape index (κ3) is 2.32. The van der Waals surface area contributed by atoms with Crippen molar-refractivity contribution in [2.75, 3.05) is 5.73 Å². The number of fused-ring (bicyclic) bond motifs is 1. The van der Waals surface area contributed by atoms with E-state index in [-0.39, 0.29) is 5.95 Å². The molecule has 0 amide bonds. The summed E-state index contributed by atoms with van der Waals surface area (Å²) in [7, 11) is 0. The van der Waals surface area contributed by atoms with E-state index in [4.69, 9.17) is 16.2 Å². The van der Waals surface area contributed by atoms with Gasteiger partial charge in [0.15, 0.2) is 17.4 Å². The lowest BCUT2D eigenvalue weighted by atomic mass is 9.90. The maximum absolute atomic E-state index is 10.5. The number of hydrogen-bond donors (Lipinski definition) is 4. The van der Waals surface area contributed by atoms with Crippen molar-refractivity contribution in [1.82, 2.24) is 19.5 Å². The Labute approximate surface area is 132 Å². The molecule has 9 heteroatoms. The number of hydrogen-bond acceptors (Lipinski definition) is 8. The first-order valence-corrected chi connectivity index (χ1v) is 7.08. The second-order valence-corrected chi connectivity index (χ2v) is 5.54. The minimum Gasteiger partial charge on any atom is -0.391 e. The van der Waals surface area contributed by atoms with E-state index in [2.05, 4.69) is 26.8 Å². The fourth-order valence-electron chi connectivity index (χ4n) is 2.79. The van der Waals surface area contributed by atoms with Gasteiger partial charge in [-0.25, -0.2) is 9.97 Å². The monoisotopic (exact) mass is 318 g/mol. The predicted octanol–water partition coefficient (Wildman–Crippen LogP) is -1.23. The summed E-state index contributed by atoms with van der Waals surface area (Å²) in [5, 5.41) is 20.3. The second kappa shape index (κ2) is 5.43. The molecule has 1 aliphatic heterocycles. The normalized spacial score (nSPS) is 31.8. The van der Waals surface area contributed by atoms with Gasteiger partial charge >= 0.3 is 0 Å². The molecule has 2 aromatic rings. The molecule has 6 N–H and O–H groups in total. The van der Waals surface area contributed by atoms with Crippen molar-refractivity contribution in [2.45, 2.75) is 43.9 Å².